The summed E-state index contributed by atoms with van der Waals surface area (Å²) >= 11 is 6.50. The number of nitrogens with one attached hydrogen (secondary N) is 1. The second-order valence-electron chi connectivity index (χ2n) is 2.89. The molecule has 1 N–H and O–H groups in total. The second kappa shape index (κ2) is 5.98. The highest BCUT2D eigenvalue weighted by Crippen LogP contribution is 2.14. The van der Waals surface area contributed by atoms with Crippen LogP contribution in [0.3, 0.4) is 0 Å². The van der Waals surface area contributed by atoms with Crippen molar-refractivity contribution in [2.45, 2.75) is 11.3 Å². The largest absolute Gasteiger partial charge is 0.240 e. The van der Waals surface area contributed by atoms with Crippen LogP contribution < -0.4 is 4.72 Å². The molecule has 0 radical (unpaired) electrons. The molecule has 0 spiro atoms. The lowest BCUT2D eigenvalue weighted by atomic mass is 10.4. The van der Waals surface area contributed by atoms with Crippen molar-refractivity contribution < 1.29 is 8.42 Å². The maximum Gasteiger partial charge on any atom is 0.240 e. The maximum absolute atomic E-state index is 11.7. The van der Waals surface area contributed by atoms with Crippen molar-refractivity contribution in [1.82, 2.24) is 4.72 Å². The van der Waals surface area contributed by atoms with E-state index in [9.17, 15) is 8.42 Å². The fraction of sp³-hybridized carbons (Fsp3) is 0.333. The van der Waals surface area contributed by atoms with E-state index in [1.54, 1.807) is 24.3 Å². The Labute approximate surface area is 107 Å². The van der Waals surface area contributed by atoms with E-state index in [1.165, 1.54) is 0 Å². The van der Waals surface area contributed by atoms with Crippen LogP contribution >= 0.6 is 31.9 Å². The van der Waals surface area contributed by atoms with E-state index in [0.29, 0.717) is 11.4 Å². The number of halogens is 2. The third kappa shape index (κ3) is 4.22. The summed E-state index contributed by atoms with van der Waals surface area (Å²) in [6.45, 7) is 0.448. The molecule has 0 atom stereocenters. The molecule has 1 aromatic rings. The van der Waals surface area contributed by atoms with Crippen molar-refractivity contribution in [3.8, 4) is 0 Å². The molecule has 0 heterocycles. The van der Waals surface area contributed by atoms with Crippen molar-refractivity contribution in [3.63, 3.8) is 0 Å². The highest BCUT2D eigenvalue weighted by Gasteiger charge is 2.12. The maximum atomic E-state index is 11.7. The average Bonchev–Trinajstić information content (AvgIpc) is 2.18. The topological polar surface area (TPSA) is 46.2 Å². The van der Waals surface area contributed by atoms with Crippen molar-refractivity contribution in [3.05, 3.63) is 28.7 Å². The fourth-order valence-corrected chi connectivity index (χ4v) is 2.59. The Bertz CT molecular complexity index is 403. The van der Waals surface area contributed by atoms with Gasteiger partial charge in [0.2, 0.25) is 10.0 Å². The minimum Gasteiger partial charge on any atom is -0.211 e. The lowest BCUT2D eigenvalue weighted by molar-refractivity contribution is 0.581. The lowest BCUT2D eigenvalue weighted by Crippen LogP contribution is -2.24. The molecule has 1 aromatic carbocycles. The molecule has 3 nitrogen and oxygen atoms in total. The van der Waals surface area contributed by atoms with Gasteiger partial charge in [0.1, 0.15) is 0 Å². The summed E-state index contributed by atoms with van der Waals surface area (Å²) in [4.78, 5) is 0.292. The predicted octanol–water partition coefficient (Wildman–Crippen LogP) is 2.51. The number of sulfonamides is 1. The van der Waals surface area contributed by atoms with Crippen LogP contribution in [0.1, 0.15) is 6.42 Å². The van der Waals surface area contributed by atoms with Crippen molar-refractivity contribution >= 4 is 41.9 Å². The zero-order valence-corrected chi connectivity index (χ0v) is 11.9. The Kier molecular flexibility index (Phi) is 5.25. The van der Waals surface area contributed by atoms with Gasteiger partial charge in [0.15, 0.2) is 0 Å². The monoisotopic (exact) mass is 355 g/mol. The molecule has 0 aromatic heterocycles. The van der Waals surface area contributed by atoms with Crippen molar-refractivity contribution in [2.24, 2.45) is 0 Å². The smallest absolute Gasteiger partial charge is 0.211 e. The van der Waals surface area contributed by atoms with Crippen LogP contribution in [-0.2, 0) is 10.0 Å². The number of rotatable bonds is 5. The Hall–Kier alpha value is 0.0900. The highest BCUT2D eigenvalue weighted by atomic mass is 79.9. The van der Waals surface area contributed by atoms with Gasteiger partial charge in [0.05, 0.1) is 4.90 Å². The summed E-state index contributed by atoms with van der Waals surface area (Å²) < 4.78 is 26.7. The van der Waals surface area contributed by atoms with Crippen LogP contribution in [0.25, 0.3) is 0 Å². The van der Waals surface area contributed by atoms with Crippen LogP contribution in [0.4, 0.5) is 0 Å². The Balaban J connectivity index is 2.73. The van der Waals surface area contributed by atoms with Gasteiger partial charge in [-0.05, 0) is 30.7 Å². The minimum atomic E-state index is -3.34. The average molecular weight is 357 g/mol. The van der Waals surface area contributed by atoms with Gasteiger partial charge in [-0.1, -0.05) is 31.9 Å². The minimum absolute atomic E-state index is 0.292. The molecule has 84 valence electrons. The van der Waals surface area contributed by atoms with E-state index in [0.717, 1.165) is 16.2 Å². The Morgan fingerprint density at radius 3 is 2.33 bits per heavy atom. The van der Waals surface area contributed by atoms with Gasteiger partial charge in [-0.15, -0.1) is 0 Å². The predicted molar refractivity (Wildman–Crippen MR) is 67.7 cm³/mol. The standard InChI is InChI=1S/C9H11Br2NO2S/c10-6-1-7-12-15(13,14)9-4-2-8(11)3-5-9/h2-5,12H,1,6-7H2. The van der Waals surface area contributed by atoms with Crippen LogP contribution in [0, 0.1) is 0 Å². The van der Waals surface area contributed by atoms with Crippen molar-refractivity contribution in [2.75, 3.05) is 11.9 Å². The molecular formula is C9H11Br2NO2S. The van der Waals surface area contributed by atoms with Gasteiger partial charge in [-0.2, -0.15) is 0 Å². The number of hydrogen-bond donors (Lipinski definition) is 1. The second-order valence-corrected chi connectivity index (χ2v) is 6.37. The molecule has 1 rings (SSSR count). The summed E-state index contributed by atoms with van der Waals surface area (Å²) in [5.41, 5.74) is 0. The lowest BCUT2D eigenvalue weighted by Gasteiger charge is -2.05. The molecule has 0 saturated heterocycles. The highest BCUT2D eigenvalue weighted by molar-refractivity contribution is 9.10. The van der Waals surface area contributed by atoms with Crippen LogP contribution in [0.2, 0.25) is 0 Å². The van der Waals surface area contributed by atoms with Gasteiger partial charge in [0.25, 0.3) is 0 Å². The van der Waals surface area contributed by atoms with E-state index in [4.69, 9.17) is 0 Å². The first-order valence-electron chi connectivity index (χ1n) is 4.37. The zero-order valence-electron chi connectivity index (χ0n) is 7.91. The fourth-order valence-electron chi connectivity index (χ4n) is 0.970. The quantitative estimate of drug-likeness (QED) is 0.650. The molecule has 0 bridgehead atoms. The van der Waals surface area contributed by atoms with Gasteiger partial charge >= 0.3 is 0 Å². The normalized spacial score (nSPS) is 11.6. The molecule has 6 heteroatoms. The SMILES string of the molecule is O=S(=O)(NCCCBr)c1ccc(Br)cc1. The van der Waals surface area contributed by atoms with Crippen LogP contribution in [-0.4, -0.2) is 20.3 Å². The number of hydrogen-bond acceptors (Lipinski definition) is 2. The molecule has 0 aliphatic rings. The summed E-state index contributed by atoms with van der Waals surface area (Å²) in [6, 6.07) is 6.55. The van der Waals surface area contributed by atoms with E-state index in [1.807, 2.05) is 0 Å². The molecule has 0 aliphatic carbocycles. The third-order valence-electron chi connectivity index (χ3n) is 1.73. The van der Waals surface area contributed by atoms with E-state index < -0.39 is 10.0 Å². The molecule has 0 unspecified atom stereocenters. The van der Waals surface area contributed by atoms with Crippen LogP contribution in [0.15, 0.2) is 33.6 Å². The van der Waals surface area contributed by atoms with Crippen LogP contribution in [0.5, 0.6) is 0 Å². The van der Waals surface area contributed by atoms with Crippen molar-refractivity contribution in [1.29, 1.82) is 0 Å². The van der Waals surface area contributed by atoms with Gasteiger partial charge in [-0.3, -0.25) is 0 Å². The third-order valence-corrected chi connectivity index (χ3v) is 4.29. The molecule has 0 amide bonds. The first-order valence-corrected chi connectivity index (χ1v) is 7.77. The first-order chi connectivity index (χ1) is 7.06. The zero-order chi connectivity index (χ0) is 11.3. The van der Waals surface area contributed by atoms with Gasteiger partial charge < -0.3 is 0 Å². The van der Waals surface area contributed by atoms with Gasteiger partial charge in [-0.25, -0.2) is 13.1 Å². The molecule has 0 fully saturated rings. The van der Waals surface area contributed by atoms with E-state index >= 15 is 0 Å². The van der Waals surface area contributed by atoms with E-state index in [2.05, 4.69) is 36.6 Å². The number of benzene rings is 1. The first kappa shape index (κ1) is 13.2. The summed E-state index contributed by atoms with van der Waals surface area (Å²) in [5, 5.41) is 0.788. The number of alkyl halides is 1. The Morgan fingerprint density at radius 1 is 1.20 bits per heavy atom. The summed E-state index contributed by atoms with van der Waals surface area (Å²) in [7, 11) is -3.34. The molecule has 0 aliphatic heterocycles. The molecule has 15 heavy (non-hydrogen) atoms. The summed E-state index contributed by atoms with van der Waals surface area (Å²) in [6.07, 6.45) is 0.774. The molecule has 0 saturated carbocycles. The summed E-state index contributed by atoms with van der Waals surface area (Å²) in [5.74, 6) is 0. The van der Waals surface area contributed by atoms with E-state index in [-0.39, 0.29) is 0 Å². The molecular weight excluding hydrogens is 346 g/mol. The Morgan fingerprint density at radius 2 is 1.80 bits per heavy atom. The van der Waals surface area contributed by atoms with Gasteiger partial charge in [0, 0.05) is 16.3 Å².